The molecule has 1 aliphatic heterocycles. The van der Waals surface area contributed by atoms with Crippen LogP contribution in [0.5, 0.6) is 0 Å². The fourth-order valence-electron chi connectivity index (χ4n) is 8.91. The van der Waals surface area contributed by atoms with Crippen molar-refractivity contribution in [1.82, 2.24) is 0 Å². The van der Waals surface area contributed by atoms with E-state index in [1.54, 1.807) is 13.8 Å². The molecule has 0 aromatic rings. The summed E-state index contributed by atoms with van der Waals surface area (Å²) in [6, 6.07) is 0. The molecule has 4 saturated carbocycles. The lowest BCUT2D eigenvalue weighted by atomic mass is 9.57. The molecule has 4 aliphatic carbocycles. The fraction of sp³-hybridized carbons (Fsp3) is 0.917. The highest BCUT2D eigenvalue weighted by molar-refractivity contribution is 5.67. The second-order valence-electron chi connectivity index (χ2n) is 12.1. The molecule has 180 valence electrons. The van der Waals surface area contributed by atoms with Crippen LogP contribution in [0.3, 0.4) is 0 Å². The van der Waals surface area contributed by atoms with Gasteiger partial charge in [0.2, 0.25) is 0 Å². The normalized spacial score (nSPS) is 57.0. The van der Waals surface area contributed by atoms with E-state index in [-0.39, 0.29) is 30.5 Å². The first kappa shape index (κ1) is 22.6. The largest absolute Gasteiger partial charge is 0.462 e. The molecule has 1 saturated heterocycles. The first-order chi connectivity index (χ1) is 14.6. The summed E-state index contributed by atoms with van der Waals surface area (Å²) in [7, 11) is 0. The molecule has 0 amide bonds. The maximum absolute atomic E-state index is 12.3. The average molecular weight is 453 g/mol. The summed E-state index contributed by atoms with van der Waals surface area (Å²) in [5.41, 5.74) is -5.65. The molecule has 8 heteroatoms. The smallest absolute Gasteiger partial charge is 0.303 e. The third-order valence-electron chi connectivity index (χ3n) is 9.94. The van der Waals surface area contributed by atoms with E-state index in [9.17, 15) is 24.9 Å². The number of hydrogen-bond donors (Lipinski definition) is 3. The van der Waals surface area contributed by atoms with Gasteiger partial charge in [-0.25, -0.2) is 0 Å². The van der Waals surface area contributed by atoms with Gasteiger partial charge in [-0.2, -0.15) is 0 Å². The van der Waals surface area contributed by atoms with Crippen LogP contribution in [-0.4, -0.2) is 68.5 Å². The van der Waals surface area contributed by atoms with Gasteiger partial charge in [0.1, 0.15) is 17.8 Å². The minimum Gasteiger partial charge on any atom is -0.462 e. The third kappa shape index (κ3) is 2.53. The lowest BCUT2D eigenvalue weighted by Crippen LogP contribution is -2.63. The van der Waals surface area contributed by atoms with Gasteiger partial charge in [-0.1, -0.05) is 13.8 Å². The van der Waals surface area contributed by atoms with Crippen LogP contribution in [0, 0.1) is 28.6 Å². The van der Waals surface area contributed by atoms with Crippen molar-refractivity contribution in [2.24, 2.45) is 28.6 Å². The Hall–Kier alpha value is -1.22. The number of rotatable bonds is 2. The zero-order valence-electron chi connectivity index (χ0n) is 19.8. The van der Waals surface area contributed by atoms with Crippen LogP contribution in [0.2, 0.25) is 0 Å². The van der Waals surface area contributed by atoms with Crippen LogP contribution in [0.25, 0.3) is 0 Å². The zero-order chi connectivity index (χ0) is 23.6. The summed E-state index contributed by atoms with van der Waals surface area (Å²) in [4.78, 5) is 24.3. The molecule has 0 unspecified atom stereocenters. The Morgan fingerprint density at radius 1 is 0.969 bits per heavy atom. The van der Waals surface area contributed by atoms with Crippen LogP contribution < -0.4 is 0 Å². The number of hydrogen-bond acceptors (Lipinski definition) is 8. The topological polar surface area (TPSA) is 126 Å². The van der Waals surface area contributed by atoms with Gasteiger partial charge in [0.15, 0.2) is 0 Å². The van der Waals surface area contributed by atoms with Crippen molar-refractivity contribution in [3.05, 3.63) is 0 Å². The Balaban J connectivity index is 1.72. The number of epoxide rings is 1. The predicted molar refractivity (Wildman–Crippen MR) is 111 cm³/mol. The van der Waals surface area contributed by atoms with Crippen molar-refractivity contribution in [2.75, 3.05) is 0 Å². The van der Waals surface area contributed by atoms with E-state index >= 15 is 0 Å². The first-order valence-corrected chi connectivity index (χ1v) is 11.8. The summed E-state index contributed by atoms with van der Waals surface area (Å²) >= 11 is 0. The summed E-state index contributed by atoms with van der Waals surface area (Å²) < 4.78 is 17.6. The van der Waals surface area contributed by atoms with Crippen molar-refractivity contribution in [3.8, 4) is 0 Å². The number of ether oxygens (including phenoxy) is 3. The quantitative estimate of drug-likeness (QED) is 0.423. The van der Waals surface area contributed by atoms with Crippen LogP contribution in [0.15, 0.2) is 0 Å². The molecule has 5 fully saturated rings. The Morgan fingerprint density at radius 3 is 2.19 bits per heavy atom. The standard InChI is InChI=1S/C24H36O8/c1-11(25)30-15-9-23-10-21(5,27)13(18(23)31-12(2)26)7-8-14(23)22(6,28)17-16-19(32-16)20(3,4)24(15,17)29/h13-19,27-29H,7-10H2,1-6H3/t13-,14+,15+,16+,17+,18+,19+,21-,22-,23+,24-/m1/s1. The van der Waals surface area contributed by atoms with Gasteiger partial charge in [-0.05, 0) is 45.4 Å². The Labute approximate surface area is 188 Å². The SMILES string of the molecule is CC(=O)O[C@H]1C[C@]23C[C@@](C)(O)[C@H](CC[C@H]2[C@@](C)(O)[C@@H]2[C@@H]4O[C@@H]4C(C)(C)[C@@]12O)[C@@H]3OC(C)=O. The number of fused-ring (bicyclic) bond motifs is 4. The Morgan fingerprint density at radius 2 is 1.59 bits per heavy atom. The van der Waals surface area contributed by atoms with Crippen molar-refractivity contribution in [3.63, 3.8) is 0 Å². The minimum absolute atomic E-state index is 0.202. The fourth-order valence-corrected chi connectivity index (χ4v) is 8.91. The van der Waals surface area contributed by atoms with Crippen molar-refractivity contribution < 1.29 is 39.1 Å². The van der Waals surface area contributed by atoms with Gasteiger partial charge >= 0.3 is 11.9 Å². The zero-order valence-corrected chi connectivity index (χ0v) is 19.8. The van der Waals surface area contributed by atoms with E-state index in [2.05, 4.69) is 0 Å². The maximum atomic E-state index is 12.3. The van der Waals surface area contributed by atoms with Gasteiger partial charge in [0.05, 0.1) is 23.4 Å². The molecule has 2 bridgehead atoms. The number of carbonyl (C=O) groups is 2. The Bertz CT molecular complexity index is 864. The summed E-state index contributed by atoms with van der Waals surface area (Å²) in [5, 5.41) is 35.9. The highest BCUT2D eigenvalue weighted by atomic mass is 16.6. The number of aliphatic hydroxyl groups is 3. The highest BCUT2D eigenvalue weighted by Crippen LogP contribution is 2.73. The molecular formula is C24H36O8. The van der Waals surface area contributed by atoms with Crippen LogP contribution in [-0.2, 0) is 23.8 Å². The lowest BCUT2D eigenvalue weighted by Gasteiger charge is -2.52. The van der Waals surface area contributed by atoms with E-state index < -0.39 is 57.7 Å². The molecule has 5 aliphatic rings. The van der Waals surface area contributed by atoms with E-state index in [0.29, 0.717) is 19.3 Å². The molecular weight excluding hydrogens is 416 g/mol. The van der Waals surface area contributed by atoms with Gasteiger partial charge < -0.3 is 29.5 Å². The van der Waals surface area contributed by atoms with Crippen LogP contribution in [0.1, 0.15) is 67.2 Å². The Kier molecular flexibility index (Phi) is 4.41. The molecule has 0 aromatic heterocycles. The molecule has 5 rings (SSSR count). The van der Waals surface area contributed by atoms with Gasteiger partial charge in [0.25, 0.3) is 0 Å². The molecule has 11 atom stereocenters. The molecule has 1 spiro atoms. The maximum Gasteiger partial charge on any atom is 0.303 e. The van der Waals surface area contributed by atoms with Gasteiger partial charge in [0, 0.05) is 36.5 Å². The molecule has 8 nitrogen and oxygen atoms in total. The number of esters is 2. The third-order valence-corrected chi connectivity index (χ3v) is 9.94. The van der Waals surface area contributed by atoms with Crippen LogP contribution >= 0.6 is 0 Å². The molecule has 0 radical (unpaired) electrons. The molecule has 3 N–H and O–H groups in total. The average Bonchev–Trinajstić information content (AvgIpc) is 3.35. The summed E-state index contributed by atoms with van der Waals surface area (Å²) in [5.74, 6) is -2.31. The minimum atomic E-state index is -1.54. The van der Waals surface area contributed by atoms with E-state index in [4.69, 9.17) is 14.2 Å². The second kappa shape index (κ2) is 6.26. The van der Waals surface area contributed by atoms with E-state index in [0.717, 1.165) is 0 Å². The van der Waals surface area contributed by atoms with Gasteiger partial charge in [-0.15, -0.1) is 0 Å². The summed E-state index contributed by atoms with van der Waals surface area (Å²) in [6.45, 7) is 9.95. The van der Waals surface area contributed by atoms with E-state index in [1.165, 1.54) is 13.8 Å². The molecule has 32 heavy (non-hydrogen) atoms. The van der Waals surface area contributed by atoms with Gasteiger partial charge in [-0.3, -0.25) is 9.59 Å². The molecule has 1 heterocycles. The van der Waals surface area contributed by atoms with E-state index in [1.807, 2.05) is 13.8 Å². The molecule has 0 aromatic carbocycles. The predicted octanol–water partition coefficient (Wildman–Crippen LogP) is 1.33. The second-order valence-corrected chi connectivity index (χ2v) is 12.1. The monoisotopic (exact) mass is 452 g/mol. The first-order valence-electron chi connectivity index (χ1n) is 11.8. The summed E-state index contributed by atoms with van der Waals surface area (Å²) in [6.07, 6.45) is -0.447. The number of carbonyl (C=O) groups excluding carboxylic acids is 2. The highest BCUT2D eigenvalue weighted by Gasteiger charge is 2.84. The van der Waals surface area contributed by atoms with Crippen molar-refractivity contribution in [1.29, 1.82) is 0 Å². The van der Waals surface area contributed by atoms with Crippen molar-refractivity contribution in [2.45, 2.75) is 108 Å². The van der Waals surface area contributed by atoms with Crippen molar-refractivity contribution >= 4 is 11.9 Å². The lowest BCUT2D eigenvalue weighted by molar-refractivity contribution is -0.230. The van der Waals surface area contributed by atoms with Crippen LogP contribution in [0.4, 0.5) is 0 Å².